The van der Waals surface area contributed by atoms with Crippen LogP contribution >= 0.6 is 11.3 Å². The molecular formula is C22H26N2O4S. The first-order chi connectivity index (χ1) is 13.9. The number of hydrogen-bond acceptors (Lipinski definition) is 5. The number of rotatable bonds is 7. The molecule has 2 heterocycles. The van der Waals surface area contributed by atoms with Crippen molar-refractivity contribution >= 4 is 34.8 Å². The van der Waals surface area contributed by atoms with Gasteiger partial charge < -0.3 is 15.0 Å². The number of amides is 2. The highest BCUT2D eigenvalue weighted by atomic mass is 32.1. The summed E-state index contributed by atoms with van der Waals surface area (Å²) in [5, 5.41) is 4.65. The zero-order valence-corrected chi connectivity index (χ0v) is 17.7. The summed E-state index contributed by atoms with van der Waals surface area (Å²) in [6.45, 7) is 6.15. The molecule has 1 aromatic carbocycles. The van der Waals surface area contributed by atoms with Crippen LogP contribution in [0, 0.1) is 18.8 Å². The monoisotopic (exact) mass is 414 g/mol. The molecule has 0 aliphatic carbocycles. The predicted molar refractivity (Wildman–Crippen MR) is 113 cm³/mol. The lowest BCUT2D eigenvalue weighted by atomic mass is 9.99. The minimum absolute atomic E-state index is 0.0584. The SMILES string of the molecule is Cc1ccc(N2C(=O)C[C@H](C(=O)OCC(=O)NCC(C)C)[C@@H]2c2cccs2)cc1. The third-order valence-electron chi connectivity index (χ3n) is 4.83. The highest BCUT2D eigenvalue weighted by Crippen LogP contribution is 2.43. The summed E-state index contributed by atoms with van der Waals surface area (Å²) in [4.78, 5) is 40.1. The normalized spacial score (nSPS) is 18.9. The summed E-state index contributed by atoms with van der Waals surface area (Å²) in [5.74, 6) is -1.32. The smallest absolute Gasteiger partial charge is 0.312 e. The van der Waals surface area contributed by atoms with Crippen LogP contribution in [-0.2, 0) is 19.1 Å². The van der Waals surface area contributed by atoms with Crippen LogP contribution in [0.5, 0.6) is 0 Å². The molecule has 1 fully saturated rings. The Labute approximate surface area is 174 Å². The second-order valence-corrected chi connectivity index (χ2v) is 8.66. The van der Waals surface area contributed by atoms with E-state index < -0.39 is 17.9 Å². The Hall–Kier alpha value is -2.67. The van der Waals surface area contributed by atoms with Crippen LogP contribution in [0.4, 0.5) is 5.69 Å². The maximum atomic E-state index is 12.8. The molecule has 1 aromatic heterocycles. The highest BCUT2D eigenvalue weighted by Gasteiger charge is 2.46. The number of benzene rings is 1. The minimum Gasteiger partial charge on any atom is -0.455 e. The Balaban J connectivity index is 1.77. The summed E-state index contributed by atoms with van der Waals surface area (Å²) in [7, 11) is 0. The van der Waals surface area contributed by atoms with Crippen molar-refractivity contribution in [1.29, 1.82) is 0 Å². The quantitative estimate of drug-likeness (QED) is 0.704. The van der Waals surface area contributed by atoms with E-state index >= 15 is 0 Å². The van der Waals surface area contributed by atoms with E-state index in [-0.39, 0.29) is 24.8 Å². The molecule has 0 saturated carbocycles. The second kappa shape index (κ2) is 9.22. The van der Waals surface area contributed by atoms with Gasteiger partial charge in [0, 0.05) is 23.5 Å². The number of anilines is 1. The van der Waals surface area contributed by atoms with Crippen LogP contribution < -0.4 is 10.2 Å². The Kier molecular flexibility index (Phi) is 6.69. The zero-order chi connectivity index (χ0) is 21.0. The van der Waals surface area contributed by atoms with E-state index in [9.17, 15) is 14.4 Å². The van der Waals surface area contributed by atoms with E-state index in [2.05, 4.69) is 5.32 Å². The van der Waals surface area contributed by atoms with Gasteiger partial charge in [0.1, 0.15) is 0 Å². The number of carbonyl (C=O) groups excluding carboxylic acids is 3. The van der Waals surface area contributed by atoms with Crippen molar-refractivity contribution in [2.75, 3.05) is 18.1 Å². The van der Waals surface area contributed by atoms with Crippen LogP contribution in [0.15, 0.2) is 41.8 Å². The van der Waals surface area contributed by atoms with E-state index in [1.54, 1.807) is 4.90 Å². The minimum atomic E-state index is -0.652. The first kappa shape index (κ1) is 21.0. The van der Waals surface area contributed by atoms with E-state index in [0.717, 1.165) is 16.1 Å². The van der Waals surface area contributed by atoms with Crippen molar-refractivity contribution in [2.45, 2.75) is 33.2 Å². The molecule has 0 radical (unpaired) electrons. The average molecular weight is 415 g/mol. The average Bonchev–Trinajstić information content (AvgIpc) is 3.32. The van der Waals surface area contributed by atoms with Crippen molar-refractivity contribution in [3.8, 4) is 0 Å². The zero-order valence-electron chi connectivity index (χ0n) is 16.9. The first-order valence-corrected chi connectivity index (χ1v) is 10.6. The van der Waals surface area contributed by atoms with E-state index in [0.29, 0.717) is 12.5 Å². The molecule has 2 amide bonds. The van der Waals surface area contributed by atoms with E-state index in [1.807, 2.05) is 62.5 Å². The van der Waals surface area contributed by atoms with Crippen LogP contribution in [0.1, 0.15) is 36.8 Å². The first-order valence-electron chi connectivity index (χ1n) is 9.72. The molecule has 0 spiro atoms. The summed E-state index contributed by atoms with van der Waals surface area (Å²) in [6.07, 6.45) is 0.0584. The number of nitrogens with one attached hydrogen (secondary N) is 1. The third-order valence-corrected chi connectivity index (χ3v) is 5.77. The largest absolute Gasteiger partial charge is 0.455 e. The van der Waals surface area contributed by atoms with Gasteiger partial charge in [0.05, 0.1) is 12.0 Å². The number of thiophene rings is 1. The number of nitrogens with zero attached hydrogens (tertiary/aromatic N) is 1. The molecule has 1 aliphatic rings. The molecule has 7 heteroatoms. The van der Waals surface area contributed by atoms with Crippen LogP contribution in [0.25, 0.3) is 0 Å². The molecule has 154 valence electrons. The van der Waals surface area contributed by atoms with Crippen molar-refractivity contribution < 1.29 is 19.1 Å². The van der Waals surface area contributed by atoms with Crippen LogP contribution in [0.2, 0.25) is 0 Å². The van der Waals surface area contributed by atoms with E-state index in [1.165, 1.54) is 11.3 Å². The lowest BCUT2D eigenvalue weighted by molar-refractivity contribution is -0.153. The standard InChI is InChI=1S/C22H26N2O4S/c1-14(2)12-23-19(25)13-28-22(27)17-11-20(26)24(16-8-6-15(3)7-9-16)21(17)18-5-4-10-29-18/h4-10,14,17,21H,11-13H2,1-3H3,(H,23,25)/t17-,21+/m0/s1. The maximum Gasteiger partial charge on any atom is 0.312 e. The molecule has 1 saturated heterocycles. The molecular weight excluding hydrogens is 388 g/mol. The van der Waals surface area contributed by atoms with Gasteiger partial charge >= 0.3 is 5.97 Å². The van der Waals surface area contributed by atoms with Gasteiger partial charge in [0.2, 0.25) is 5.91 Å². The Morgan fingerprint density at radius 2 is 1.97 bits per heavy atom. The number of carbonyl (C=O) groups is 3. The van der Waals surface area contributed by atoms with Gasteiger partial charge in [-0.2, -0.15) is 0 Å². The Morgan fingerprint density at radius 1 is 1.24 bits per heavy atom. The summed E-state index contributed by atoms with van der Waals surface area (Å²) in [6, 6.07) is 11.1. The molecule has 6 nitrogen and oxygen atoms in total. The fraction of sp³-hybridized carbons (Fsp3) is 0.409. The summed E-state index contributed by atoms with van der Waals surface area (Å²) >= 11 is 1.50. The van der Waals surface area contributed by atoms with Gasteiger partial charge in [-0.1, -0.05) is 37.6 Å². The maximum absolute atomic E-state index is 12.8. The molecule has 0 unspecified atom stereocenters. The molecule has 1 N–H and O–H groups in total. The third kappa shape index (κ3) is 5.03. The van der Waals surface area contributed by atoms with Crippen LogP contribution in [0.3, 0.4) is 0 Å². The Bertz CT molecular complexity index is 861. The molecule has 29 heavy (non-hydrogen) atoms. The molecule has 2 aromatic rings. The second-order valence-electron chi connectivity index (χ2n) is 7.68. The van der Waals surface area contributed by atoms with Crippen molar-refractivity contribution in [3.05, 3.63) is 52.2 Å². The number of esters is 1. The van der Waals surface area contributed by atoms with Gasteiger partial charge in [-0.05, 0) is 36.4 Å². The molecule has 0 bridgehead atoms. The number of ether oxygens (including phenoxy) is 1. The van der Waals surface area contributed by atoms with Crippen molar-refractivity contribution in [2.24, 2.45) is 11.8 Å². The lowest BCUT2D eigenvalue weighted by Gasteiger charge is -2.27. The van der Waals surface area contributed by atoms with Crippen LogP contribution in [-0.4, -0.2) is 30.9 Å². The lowest BCUT2D eigenvalue weighted by Crippen LogP contribution is -2.34. The molecule has 2 atom stereocenters. The van der Waals surface area contributed by atoms with Gasteiger partial charge in [-0.3, -0.25) is 14.4 Å². The fourth-order valence-electron chi connectivity index (χ4n) is 3.35. The summed E-state index contributed by atoms with van der Waals surface area (Å²) in [5.41, 5.74) is 1.85. The molecule has 3 rings (SSSR count). The highest BCUT2D eigenvalue weighted by molar-refractivity contribution is 7.10. The number of aryl methyl sites for hydroxylation is 1. The van der Waals surface area contributed by atoms with Crippen molar-refractivity contribution in [3.63, 3.8) is 0 Å². The number of hydrogen-bond donors (Lipinski definition) is 1. The predicted octanol–water partition coefficient (Wildman–Crippen LogP) is 3.47. The van der Waals surface area contributed by atoms with E-state index in [4.69, 9.17) is 4.74 Å². The van der Waals surface area contributed by atoms with Crippen molar-refractivity contribution in [1.82, 2.24) is 5.32 Å². The Morgan fingerprint density at radius 3 is 2.59 bits per heavy atom. The van der Waals surface area contributed by atoms with Gasteiger partial charge in [-0.25, -0.2) is 0 Å². The van der Waals surface area contributed by atoms with Gasteiger partial charge in [0.25, 0.3) is 5.91 Å². The molecule has 1 aliphatic heterocycles. The topological polar surface area (TPSA) is 75.7 Å². The fourth-order valence-corrected chi connectivity index (χ4v) is 4.23. The summed E-state index contributed by atoms with van der Waals surface area (Å²) < 4.78 is 5.27. The van der Waals surface area contributed by atoms with Gasteiger partial charge in [-0.15, -0.1) is 11.3 Å². The van der Waals surface area contributed by atoms with Gasteiger partial charge in [0.15, 0.2) is 6.61 Å².